The van der Waals surface area contributed by atoms with Gasteiger partial charge in [0.1, 0.15) is 5.60 Å². The van der Waals surface area contributed by atoms with Crippen LogP contribution in [0.15, 0.2) is 23.8 Å². The number of hydrogen-bond acceptors (Lipinski definition) is 7. The Kier molecular flexibility index (Phi) is 7.30. The van der Waals surface area contributed by atoms with Gasteiger partial charge in [-0.25, -0.2) is 4.79 Å². The van der Waals surface area contributed by atoms with E-state index in [9.17, 15) is 19.5 Å². The third-order valence-electron chi connectivity index (χ3n) is 9.78. The van der Waals surface area contributed by atoms with Crippen molar-refractivity contribution in [2.24, 2.45) is 40.4 Å². The number of methoxy groups -OCH3 is 1. The van der Waals surface area contributed by atoms with Crippen molar-refractivity contribution in [3.05, 3.63) is 23.8 Å². The molecule has 0 spiro atoms. The molecule has 0 aromatic rings. The van der Waals surface area contributed by atoms with Crippen LogP contribution in [0, 0.1) is 40.4 Å². The first kappa shape index (κ1) is 27.1. The van der Waals surface area contributed by atoms with Crippen molar-refractivity contribution in [3.8, 4) is 0 Å². The Bertz CT molecular complexity index is 965. The molecule has 0 aromatic carbocycles. The van der Waals surface area contributed by atoms with Gasteiger partial charge in [0.05, 0.1) is 6.10 Å². The molecular weight excluding hydrogens is 460 g/mol. The van der Waals surface area contributed by atoms with E-state index < -0.39 is 17.9 Å². The van der Waals surface area contributed by atoms with E-state index in [-0.39, 0.29) is 52.7 Å². The third kappa shape index (κ3) is 4.69. The number of fused-ring (bicyclic) bond motifs is 5. The number of carbonyl (C=O) groups is 3. The van der Waals surface area contributed by atoms with E-state index in [2.05, 4.69) is 20.8 Å². The highest BCUT2D eigenvalue weighted by molar-refractivity contribution is 6.01. The maximum Gasteiger partial charge on any atom is 0.509 e. The van der Waals surface area contributed by atoms with Crippen LogP contribution in [0.1, 0.15) is 66.7 Å². The molecule has 4 aliphatic rings. The Labute approximate surface area is 214 Å². The zero-order chi connectivity index (χ0) is 26.5. The summed E-state index contributed by atoms with van der Waals surface area (Å²) in [7, 11) is 1.59. The van der Waals surface area contributed by atoms with Crippen molar-refractivity contribution in [1.82, 2.24) is 0 Å². The molecule has 7 nitrogen and oxygen atoms in total. The number of ketones is 2. The van der Waals surface area contributed by atoms with Gasteiger partial charge < -0.3 is 19.3 Å². The summed E-state index contributed by atoms with van der Waals surface area (Å²) in [4.78, 5) is 37.8. The summed E-state index contributed by atoms with van der Waals surface area (Å²) in [5, 5.41) is 11.5. The predicted octanol–water partition coefficient (Wildman–Crippen LogP) is 4.66. The van der Waals surface area contributed by atoms with Crippen molar-refractivity contribution >= 4 is 17.7 Å². The molecule has 0 aromatic heterocycles. The minimum atomic E-state index is -0.848. The molecule has 4 aliphatic carbocycles. The highest BCUT2D eigenvalue weighted by Crippen LogP contribution is 2.67. The van der Waals surface area contributed by atoms with Crippen LogP contribution in [0.25, 0.3) is 0 Å². The number of Topliss-reactive ketones (excluding diaryl/α,β-unsaturated/α-hetero) is 1. The smallest absolute Gasteiger partial charge is 0.428 e. The van der Waals surface area contributed by atoms with Crippen LogP contribution in [-0.4, -0.2) is 54.9 Å². The van der Waals surface area contributed by atoms with Gasteiger partial charge in [0.25, 0.3) is 0 Å². The lowest BCUT2D eigenvalue weighted by molar-refractivity contribution is -0.143. The summed E-state index contributed by atoms with van der Waals surface area (Å²) in [6, 6.07) is 0. The SMILES string of the molecule is COCCC(C)(C)OC(=O)OCC(=O)C1[C@H](C)CC2C3CCC4=CC(=O)C=CC4(C)C3C(O)CC21C. The Morgan fingerprint density at radius 1 is 1.25 bits per heavy atom. The fraction of sp³-hybridized carbons (Fsp3) is 0.759. The van der Waals surface area contributed by atoms with Crippen molar-refractivity contribution < 1.29 is 33.7 Å². The largest absolute Gasteiger partial charge is 0.509 e. The molecule has 0 radical (unpaired) electrons. The minimum Gasteiger partial charge on any atom is -0.428 e. The first-order chi connectivity index (χ1) is 16.8. The summed E-state index contributed by atoms with van der Waals surface area (Å²) in [6.45, 7) is 10.1. The maximum atomic E-state index is 13.5. The van der Waals surface area contributed by atoms with E-state index >= 15 is 0 Å². The maximum absolute atomic E-state index is 13.5. The van der Waals surface area contributed by atoms with Crippen molar-refractivity contribution in [2.75, 3.05) is 20.3 Å². The lowest BCUT2D eigenvalue weighted by Crippen LogP contribution is -2.56. The van der Waals surface area contributed by atoms with E-state index in [0.29, 0.717) is 25.4 Å². The number of aliphatic hydroxyl groups is 1. The zero-order valence-electron chi connectivity index (χ0n) is 22.5. The van der Waals surface area contributed by atoms with E-state index in [1.54, 1.807) is 33.1 Å². The summed E-state index contributed by atoms with van der Waals surface area (Å²) in [6.07, 6.45) is 7.69. The van der Waals surface area contributed by atoms with Crippen LogP contribution in [0.5, 0.6) is 0 Å². The first-order valence-electron chi connectivity index (χ1n) is 13.3. The van der Waals surface area contributed by atoms with Gasteiger partial charge in [-0.2, -0.15) is 0 Å². The number of ether oxygens (including phenoxy) is 3. The number of rotatable bonds is 7. The predicted molar refractivity (Wildman–Crippen MR) is 134 cm³/mol. The van der Waals surface area contributed by atoms with Gasteiger partial charge >= 0.3 is 6.16 Å². The lowest BCUT2D eigenvalue weighted by Gasteiger charge is -2.58. The molecule has 7 heteroatoms. The molecule has 36 heavy (non-hydrogen) atoms. The number of carbonyl (C=O) groups excluding carboxylic acids is 3. The minimum absolute atomic E-state index is 0.0248. The Morgan fingerprint density at radius 3 is 2.67 bits per heavy atom. The Hall–Kier alpha value is -1.99. The molecule has 0 heterocycles. The van der Waals surface area contributed by atoms with Gasteiger partial charge in [-0.15, -0.1) is 0 Å². The van der Waals surface area contributed by atoms with Gasteiger partial charge in [-0.05, 0) is 74.9 Å². The molecule has 7 unspecified atom stereocenters. The van der Waals surface area contributed by atoms with Crippen LogP contribution in [-0.2, 0) is 23.8 Å². The van der Waals surface area contributed by atoms with E-state index in [1.165, 1.54) is 0 Å². The van der Waals surface area contributed by atoms with Gasteiger partial charge in [-0.1, -0.05) is 32.4 Å². The van der Waals surface area contributed by atoms with Gasteiger partial charge in [-0.3, -0.25) is 9.59 Å². The molecule has 3 fully saturated rings. The summed E-state index contributed by atoms with van der Waals surface area (Å²) >= 11 is 0. The van der Waals surface area contributed by atoms with Gasteiger partial charge in [0.2, 0.25) is 0 Å². The quantitative estimate of drug-likeness (QED) is 0.505. The first-order valence-corrected chi connectivity index (χ1v) is 13.3. The highest BCUT2D eigenvalue weighted by atomic mass is 16.7. The molecule has 8 atom stereocenters. The number of allylic oxidation sites excluding steroid dienone is 4. The second-order valence-corrected chi connectivity index (χ2v) is 12.6. The zero-order valence-corrected chi connectivity index (χ0v) is 22.5. The van der Waals surface area contributed by atoms with E-state index in [4.69, 9.17) is 14.2 Å². The summed E-state index contributed by atoms with van der Waals surface area (Å²) < 4.78 is 15.7. The van der Waals surface area contributed by atoms with Crippen molar-refractivity contribution in [2.45, 2.75) is 78.4 Å². The molecule has 0 amide bonds. The normalized spacial score (nSPS) is 39.5. The van der Waals surface area contributed by atoms with Crippen molar-refractivity contribution in [1.29, 1.82) is 0 Å². The Morgan fingerprint density at radius 2 is 1.97 bits per heavy atom. The number of hydrogen-bond donors (Lipinski definition) is 1. The third-order valence-corrected chi connectivity index (χ3v) is 9.78. The summed E-state index contributed by atoms with van der Waals surface area (Å²) in [5.41, 5.74) is -0.323. The fourth-order valence-electron chi connectivity index (χ4n) is 8.25. The van der Waals surface area contributed by atoms with Gasteiger partial charge in [0.15, 0.2) is 18.2 Å². The van der Waals surface area contributed by atoms with E-state index in [1.807, 2.05) is 6.08 Å². The summed E-state index contributed by atoms with van der Waals surface area (Å²) in [5.74, 6) is 0.352. The van der Waals surface area contributed by atoms with Crippen LogP contribution < -0.4 is 0 Å². The molecular formula is C29H42O7. The Balaban J connectivity index is 1.47. The monoisotopic (exact) mass is 502 g/mol. The molecule has 0 bridgehead atoms. The average molecular weight is 503 g/mol. The topological polar surface area (TPSA) is 99.1 Å². The van der Waals surface area contributed by atoms with Crippen LogP contribution in [0.4, 0.5) is 4.79 Å². The highest BCUT2D eigenvalue weighted by Gasteiger charge is 2.64. The fourth-order valence-corrected chi connectivity index (χ4v) is 8.25. The second kappa shape index (κ2) is 9.71. The van der Waals surface area contributed by atoms with Crippen LogP contribution in [0.3, 0.4) is 0 Å². The van der Waals surface area contributed by atoms with Crippen LogP contribution in [0.2, 0.25) is 0 Å². The number of aliphatic hydroxyl groups excluding tert-OH is 1. The molecule has 3 saturated carbocycles. The average Bonchev–Trinajstić information content (AvgIpc) is 3.05. The van der Waals surface area contributed by atoms with E-state index in [0.717, 1.165) is 24.8 Å². The van der Waals surface area contributed by atoms with Crippen molar-refractivity contribution in [3.63, 3.8) is 0 Å². The van der Waals surface area contributed by atoms with Crippen LogP contribution >= 0.6 is 0 Å². The second-order valence-electron chi connectivity index (χ2n) is 12.6. The molecule has 0 aliphatic heterocycles. The molecule has 1 N–H and O–H groups in total. The lowest BCUT2D eigenvalue weighted by atomic mass is 9.46. The molecule has 4 rings (SSSR count). The van der Waals surface area contributed by atoms with Gasteiger partial charge in [0, 0.05) is 37.4 Å². The standard InChI is InChI=1S/C29H42O7/c1-17-13-21-20-8-7-18-14-19(30)9-10-28(18,4)25(20)22(31)15-29(21,5)24(17)23(32)16-35-26(33)36-27(2,3)11-12-34-6/h9-10,14,17,20-22,24-25,31H,7-8,11-13,15-16H2,1-6H3/t17-,20?,21?,22?,24?,25?,28?,29?/m1/s1. The molecule has 200 valence electrons. The molecule has 0 saturated heterocycles.